The number of carbonyl (C=O) groups is 1. The first-order chi connectivity index (χ1) is 10.3. The molecule has 1 aliphatic heterocycles. The van der Waals surface area contributed by atoms with Gasteiger partial charge in [-0.1, -0.05) is 28.1 Å². The number of benzene rings is 2. The molecule has 0 spiro atoms. The molecule has 0 saturated carbocycles. The van der Waals surface area contributed by atoms with Crippen molar-refractivity contribution in [2.45, 2.75) is 6.42 Å². The van der Waals surface area contributed by atoms with Gasteiger partial charge < -0.3 is 4.90 Å². The summed E-state index contributed by atoms with van der Waals surface area (Å²) in [4.78, 5) is 13.8. The molecular weight excluding hydrogens is 368 g/mol. The fraction of sp³-hybridized carbons (Fsp3) is 0.267. The first-order valence-corrected chi connectivity index (χ1v) is 9.33. The highest BCUT2D eigenvalue weighted by Crippen LogP contribution is 2.29. The molecule has 1 aliphatic rings. The predicted octanol–water partition coefficient (Wildman–Crippen LogP) is 2.24. The van der Waals surface area contributed by atoms with Crippen LogP contribution in [0.15, 0.2) is 40.9 Å². The molecule has 116 valence electrons. The minimum Gasteiger partial charge on any atom is -0.312 e. The fourth-order valence-electron chi connectivity index (χ4n) is 2.84. The molecule has 22 heavy (non-hydrogen) atoms. The van der Waals surface area contributed by atoms with Crippen LogP contribution in [0.25, 0.3) is 10.8 Å². The third-order valence-corrected chi connectivity index (χ3v) is 5.20. The quantitative estimate of drug-likeness (QED) is 0.883. The van der Waals surface area contributed by atoms with Crippen molar-refractivity contribution in [1.29, 1.82) is 0 Å². The summed E-state index contributed by atoms with van der Waals surface area (Å²) in [5.74, 6) is -0.469. The lowest BCUT2D eigenvalue weighted by Crippen LogP contribution is -2.27. The molecule has 2 aromatic carbocycles. The van der Waals surface area contributed by atoms with Crippen molar-refractivity contribution in [1.82, 2.24) is 0 Å². The number of fused-ring (bicyclic) bond motifs is 1. The Morgan fingerprint density at radius 3 is 2.59 bits per heavy atom. The van der Waals surface area contributed by atoms with Crippen LogP contribution in [0.4, 0.5) is 5.69 Å². The number of hydrogen-bond donors (Lipinski definition) is 1. The van der Waals surface area contributed by atoms with Crippen LogP contribution >= 0.6 is 15.9 Å². The van der Waals surface area contributed by atoms with Crippen LogP contribution < -0.4 is 10.0 Å². The molecule has 0 aliphatic carbocycles. The summed E-state index contributed by atoms with van der Waals surface area (Å²) in [7, 11) is -3.56. The van der Waals surface area contributed by atoms with Crippen molar-refractivity contribution >= 4 is 48.3 Å². The lowest BCUT2D eigenvalue weighted by Gasteiger charge is -2.17. The summed E-state index contributed by atoms with van der Waals surface area (Å²) in [5, 5.41) is 7.18. The van der Waals surface area contributed by atoms with E-state index in [0.29, 0.717) is 6.54 Å². The monoisotopic (exact) mass is 382 g/mol. The summed E-state index contributed by atoms with van der Waals surface area (Å²) in [6.45, 7) is 0.386. The van der Waals surface area contributed by atoms with Crippen LogP contribution in [0.5, 0.6) is 0 Å². The number of nitrogens with zero attached hydrogens (tertiary/aromatic N) is 1. The van der Waals surface area contributed by atoms with Gasteiger partial charge in [0.25, 0.3) is 0 Å². The zero-order chi connectivity index (χ0) is 15.9. The van der Waals surface area contributed by atoms with Crippen LogP contribution in [-0.4, -0.2) is 26.6 Å². The SMILES string of the molecule is NS(=O)(=O)CC1CC(=O)N(c2ccc3cc(Br)ccc3c2)C1. The highest BCUT2D eigenvalue weighted by atomic mass is 79.9. The van der Waals surface area contributed by atoms with E-state index >= 15 is 0 Å². The Balaban J connectivity index is 1.88. The topological polar surface area (TPSA) is 80.5 Å². The maximum atomic E-state index is 12.1. The summed E-state index contributed by atoms with van der Waals surface area (Å²) in [6.07, 6.45) is 0.217. The van der Waals surface area contributed by atoms with Crippen molar-refractivity contribution in [3.63, 3.8) is 0 Å². The van der Waals surface area contributed by atoms with Gasteiger partial charge in [-0.2, -0.15) is 0 Å². The Bertz CT molecular complexity index is 851. The zero-order valence-corrected chi connectivity index (χ0v) is 14.1. The second kappa shape index (κ2) is 5.64. The van der Waals surface area contributed by atoms with Crippen LogP contribution in [0.1, 0.15) is 6.42 Å². The summed E-state index contributed by atoms with van der Waals surface area (Å²) < 4.78 is 23.4. The molecule has 1 atom stereocenters. The maximum absolute atomic E-state index is 12.1. The lowest BCUT2D eigenvalue weighted by molar-refractivity contribution is -0.117. The van der Waals surface area contributed by atoms with Crippen molar-refractivity contribution < 1.29 is 13.2 Å². The van der Waals surface area contributed by atoms with Gasteiger partial charge in [-0.25, -0.2) is 13.6 Å². The Labute approximate surface area is 137 Å². The number of rotatable bonds is 3. The summed E-state index contributed by atoms with van der Waals surface area (Å²) in [6, 6.07) is 11.7. The molecule has 7 heteroatoms. The number of anilines is 1. The Morgan fingerprint density at radius 2 is 1.86 bits per heavy atom. The average Bonchev–Trinajstić information content (AvgIpc) is 2.76. The molecular formula is C15H15BrN2O3S. The van der Waals surface area contributed by atoms with Gasteiger partial charge in [-0.3, -0.25) is 4.79 Å². The first kappa shape index (κ1) is 15.5. The second-order valence-corrected chi connectivity index (χ2v) is 8.15. The largest absolute Gasteiger partial charge is 0.312 e. The Kier molecular flexibility index (Phi) is 3.96. The van der Waals surface area contributed by atoms with E-state index in [0.717, 1.165) is 20.9 Å². The van der Waals surface area contributed by atoms with Crippen molar-refractivity contribution in [2.75, 3.05) is 17.2 Å². The Hall–Kier alpha value is -1.44. The van der Waals surface area contributed by atoms with Crippen LogP contribution in [0.2, 0.25) is 0 Å². The highest BCUT2D eigenvalue weighted by Gasteiger charge is 2.32. The lowest BCUT2D eigenvalue weighted by atomic mass is 10.1. The number of nitrogens with two attached hydrogens (primary N) is 1. The number of halogens is 1. The van der Waals surface area contributed by atoms with E-state index in [4.69, 9.17) is 5.14 Å². The molecule has 0 bridgehead atoms. The van der Waals surface area contributed by atoms with Crippen molar-refractivity contribution in [3.8, 4) is 0 Å². The molecule has 1 saturated heterocycles. The van der Waals surface area contributed by atoms with E-state index in [1.807, 2.05) is 36.4 Å². The number of amides is 1. The molecule has 0 aromatic heterocycles. The number of sulfonamides is 1. The predicted molar refractivity (Wildman–Crippen MR) is 90.1 cm³/mol. The van der Waals surface area contributed by atoms with E-state index in [-0.39, 0.29) is 24.0 Å². The van der Waals surface area contributed by atoms with Crippen LogP contribution in [-0.2, 0) is 14.8 Å². The summed E-state index contributed by atoms with van der Waals surface area (Å²) >= 11 is 3.43. The maximum Gasteiger partial charge on any atom is 0.227 e. The van der Waals surface area contributed by atoms with Gasteiger partial charge in [0.2, 0.25) is 15.9 Å². The van der Waals surface area contributed by atoms with Crippen molar-refractivity contribution in [2.24, 2.45) is 11.1 Å². The molecule has 1 fully saturated rings. The van der Waals surface area contributed by atoms with E-state index in [2.05, 4.69) is 15.9 Å². The zero-order valence-electron chi connectivity index (χ0n) is 11.7. The van der Waals surface area contributed by atoms with Gasteiger partial charge in [0.05, 0.1) is 5.75 Å². The van der Waals surface area contributed by atoms with Gasteiger partial charge in [0, 0.05) is 29.0 Å². The Morgan fingerprint density at radius 1 is 1.18 bits per heavy atom. The molecule has 1 amide bonds. The molecule has 2 N–H and O–H groups in total. The molecule has 2 aromatic rings. The number of hydrogen-bond acceptors (Lipinski definition) is 3. The smallest absolute Gasteiger partial charge is 0.227 e. The first-order valence-electron chi connectivity index (χ1n) is 6.82. The number of carbonyl (C=O) groups excluding carboxylic acids is 1. The molecule has 5 nitrogen and oxygen atoms in total. The van der Waals surface area contributed by atoms with Gasteiger partial charge >= 0.3 is 0 Å². The average molecular weight is 383 g/mol. The molecule has 1 heterocycles. The van der Waals surface area contributed by atoms with E-state index < -0.39 is 10.0 Å². The van der Waals surface area contributed by atoms with Gasteiger partial charge in [-0.05, 0) is 35.0 Å². The van der Waals surface area contributed by atoms with E-state index in [9.17, 15) is 13.2 Å². The van der Waals surface area contributed by atoms with Gasteiger partial charge in [0.1, 0.15) is 0 Å². The highest BCUT2D eigenvalue weighted by molar-refractivity contribution is 9.10. The minimum absolute atomic E-state index is 0.0647. The van der Waals surface area contributed by atoms with Crippen LogP contribution in [0.3, 0.4) is 0 Å². The molecule has 0 radical (unpaired) electrons. The third-order valence-electron chi connectivity index (χ3n) is 3.77. The molecule has 1 unspecified atom stereocenters. The van der Waals surface area contributed by atoms with E-state index in [1.165, 1.54) is 0 Å². The van der Waals surface area contributed by atoms with Crippen molar-refractivity contribution in [3.05, 3.63) is 40.9 Å². The minimum atomic E-state index is -3.56. The van der Waals surface area contributed by atoms with Gasteiger partial charge in [0.15, 0.2) is 0 Å². The standard InChI is InChI=1S/C15H15BrN2O3S/c16-13-3-1-12-7-14(4-2-11(12)6-13)18-8-10(5-15(18)19)9-22(17,20)21/h1-4,6-7,10H,5,8-9H2,(H2,17,20,21). The molecule has 3 rings (SSSR count). The normalized spacial score (nSPS) is 19.1. The third kappa shape index (κ3) is 3.31. The van der Waals surface area contributed by atoms with Crippen LogP contribution in [0, 0.1) is 5.92 Å². The van der Waals surface area contributed by atoms with Gasteiger partial charge in [-0.15, -0.1) is 0 Å². The number of primary sulfonamides is 1. The second-order valence-electron chi connectivity index (χ2n) is 5.58. The summed E-state index contributed by atoms with van der Waals surface area (Å²) in [5.41, 5.74) is 0.789. The van der Waals surface area contributed by atoms with E-state index in [1.54, 1.807) is 4.90 Å². The fourth-order valence-corrected chi connectivity index (χ4v) is 4.10.